The maximum Gasteiger partial charge on any atom is 0.229 e. The van der Waals surface area contributed by atoms with E-state index in [1.165, 1.54) is 37.7 Å². The Hall–Kier alpha value is -1.36. The number of piperidine rings is 1. The number of hydrogen-bond donors (Lipinski definition) is 2. The Balaban J connectivity index is 1.24. The minimum Gasteiger partial charge on any atom is -0.393 e. The summed E-state index contributed by atoms with van der Waals surface area (Å²) in [6, 6.07) is 0. The monoisotopic (exact) mass is 623 g/mol. The lowest BCUT2D eigenvalue weighted by Crippen LogP contribution is -2.67. The van der Waals surface area contributed by atoms with Crippen molar-refractivity contribution in [2.75, 3.05) is 20.1 Å². The molecule has 2 N–H and O–H groups in total. The quantitative estimate of drug-likeness (QED) is 0.294. The first-order valence-corrected chi connectivity index (χ1v) is 19.0. The Morgan fingerprint density at radius 3 is 2.22 bits per heavy atom. The number of aliphatic hydroxyl groups is 1. The third-order valence-corrected chi connectivity index (χ3v) is 16.7. The van der Waals surface area contributed by atoms with Gasteiger partial charge in [-0.25, -0.2) is 0 Å². The Labute approximate surface area is 275 Å². The zero-order valence-corrected chi connectivity index (χ0v) is 30.0. The average molecular weight is 623 g/mol. The summed E-state index contributed by atoms with van der Waals surface area (Å²) in [6.45, 7) is 21.2. The third-order valence-electron chi connectivity index (χ3n) is 16.7. The SMILES string of the molecule is C=C(C)[C@@H]1CC[C@]2(C(=O)N3CCC(CCCC(=O)NC)CC3)CC[C@]3(C)[C@H](CC[C@@H]4[C@@]5(C)CC[C@H](O)C(C)(C)[C@@H]5CC[C@]43C)[C@@H]12. The lowest BCUT2D eigenvalue weighted by Gasteiger charge is -2.73. The van der Waals surface area contributed by atoms with Crippen LogP contribution >= 0.6 is 0 Å². The number of hydrogen-bond acceptors (Lipinski definition) is 3. The molecule has 1 aliphatic heterocycles. The van der Waals surface area contributed by atoms with Crippen LogP contribution in [-0.4, -0.2) is 48.1 Å². The lowest BCUT2D eigenvalue weighted by molar-refractivity contribution is -0.247. The van der Waals surface area contributed by atoms with Crippen molar-refractivity contribution in [3.63, 3.8) is 0 Å². The summed E-state index contributed by atoms with van der Waals surface area (Å²) in [4.78, 5) is 28.9. The predicted molar refractivity (Wildman–Crippen MR) is 182 cm³/mol. The van der Waals surface area contributed by atoms with E-state index in [0.717, 1.165) is 70.9 Å². The summed E-state index contributed by atoms with van der Waals surface area (Å²) < 4.78 is 0. The van der Waals surface area contributed by atoms with Crippen molar-refractivity contribution in [2.45, 2.75) is 144 Å². The lowest BCUT2D eigenvalue weighted by atomic mass is 9.32. The van der Waals surface area contributed by atoms with Gasteiger partial charge in [-0.3, -0.25) is 9.59 Å². The molecular weight excluding hydrogens is 556 g/mol. The van der Waals surface area contributed by atoms with Crippen LogP contribution in [0.3, 0.4) is 0 Å². The number of nitrogens with zero attached hydrogens (tertiary/aromatic N) is 1. The average Bonchev–Trinajstić information content (AvgIpc) is 3.41. The molecule has 6 fully saturated rings. The second-order valence-electron chi connectivity index (χ2n) is 18.5. The van der Waals surface area contributed by atoms with Gasteiger partial charge >= 0.3 is 0 Å². The third kappa shape index (κ3) is 4.92. The molecule has 10 atom stereocenters. The molecular formula is C40H66N2O3. The van der Waals surface area contributed by atoms with Crippen molar-refractivity contribution in [2.24, 2.45) is 62.6 Å². The number of nitrogens with one attached hydrogen (secondary N) is 1. The van der Waals surface area contributed by atoms with Gasteiger partial charge in [0, 0.05) is 26.6 Å². The summed E-state index contributed by atoms with van der Waals surface area (Å²) in [7, 11) is 1.72. The van der Waals surface area contributed by atoms with Crippen LogP contribution in [0.25, 0.3) is 0 Å². The smallest absolute Gasteiger partial charge is 0.229 e. The minimum atomic E-state index is -0.221. The molecule has 0 aromatic rings. The Bertz CT molecular complexity index is 1170. The van der Waals surface area contributed by atoms with E-state index in [2.05, 4.69) is 58.3 Å². The second-order valence-corrected chi connectivity index (χ2v) is 18.5. The number of aliphatic hydroxyl groups excluding tert-OH is 1. The molecule has 6 aliphatic rings. The van der Waals surface area contributed by atoms with Gasteiger partial charge in [0.2, 0.25) is 11.8 Å². The maximum atomic E-state index is 14.9. The van der Waals surface area contributed by atoms with Crippen molar-refractivity contribution in [1.29, 1.82) is 0 Å². The fraction of sp³-hybridized carbons (Fsp3) is 0.900. The van der Waals surface area contributed by atoms with E-state index in [1.807, 2.05) is 0 Å². The second kappa shape index (κ2) is 11.7. The van der Waals surface area contributed by atoms with Gasteiger partial charge in [0.1, 0.15) is 0 Å². The van der Waals surface area contributed by atoms with E-state index in [4.69, 9.17) is 0 Å². The summed E-state index contributed by atoms with van der Waals surface area (Å²) in [5.41, 5.74) is 1.84. The van der Waals surface area contributed by atoms with Crippen LogP contribution in [0.2, 0.25) is 0 Å². The summed E-state index contributed by atoms with van der Waals surface area (Å²) in [5, 5.41) is 13.8. The number of carbonyl (C=O) groups excluding carboxylic acids is 2. The first kappa shape index (κ1) is 33.5. The number of amides is 2. The van der Waals surface area contributed by atoms with Crippen LogP contribution in [0.15, 0.2) is 12.2 Å². The number of likely N-dealkylation sites (tertiary alicyclic amines) is 1. The number of rotatable bonds is 6. The molecule has 0 aromatic carbocycles. The van der Waals surface area contributed by atoms with Crippen molar-refractivity contribution < 1.29 is 14.7 Å². The molecule has 5 nitrogen and oxygen atoms in total. The van der Waals surface area contributed by atoms with E-state index in [9.17, 15) is 14.7 Å². The van der Waals surface area contributed by atoms with Crippen LogP contribution < -0.4 is 5.32 Å². The van der Waals surface area contributed by atoms with Gasteiger partial charge in [-0.1, -0.05) is 46.8 Å². The summed E-state index contributed by atoms with van der Waals surface area (Å²) >= 11 is 0. The molecule has 1 saturated heterocycles. The molecule has 6 rings (SSSR count). The summed E-state index contributed by atoms with van der Waals surface area (Å²) in [6.07, 6.45) is 16.1. The van der Waals surface area contributed by atoms with Gasteiger partial charge < -0.3 is 15.3 Å². The van der Waals surface area contributed by atoms with Crippen molar-refractivity contribution in [3.05, 3.63) is 12.2 Å². The molecule has 0 radical (unpaired) electrons. The van der Waals surface area contributed by atoms with Crippen LogP contribution in [0.5, 0.6) is 0 Å². The van der Waals surface area contributed by atoms with Crippen LogP contribution in [0.1, 0.15) is 138 Å². The highest BCUT2D eigenvalue weighted by molar-refractivity contribution is 5.84. The predicted octanol–water partition coefficient (Wildman–Crippen LogP) is 8.16. The molecule has 0 unspecified atom stereocenters. The molecule has 5 aliphatic carbocycles. The highest BCUT2D eigenvalue weighted by atomic mass is 16.3. The van der Waals surface area contributed by atoms with Gasteiger partial charge in [0.05, 0.1) is 11.5 Å². The number of fused-ring (bicyclic) bond motifs is 7. The maximum absolute atomic E-state index is 14.9. The van der Waals surface area contributed by atoms with E-state index in [0.29, 0.717) is 47.8 Å². The van der Waals surface area contributed by atoms with Gasteiger partial charge in [-0.15, -0.1) is 0 Å². The van der Waals surface area contributed by atoms with Gasteiger partial charge in [-0.2, -0.15) is 0 Å². The highest BCUT2D eigenvalue weighted by Crippen LogP contribution is 2.77. The largest absolute Gasteiger partial charge is 0.393 e. The van der Waals surface area contributed by atoms with Gasteiger partial charge in [0.25, 0.3) is 0 Å². The molecule has 5 saturated carbocycles. The number of allylic oxidation sites excluding steroid dienone is 1. The zero-order valence-electron chi connectivity index (χ0n) is 30.0. The molecule has 0 bridgehead atoms. The first-order valence-electron chi connectivity index (χ1n) is 19.0. The first-order chi connectivity index (χ1) is 21.2. The Morgan fingerprint density at radius 2 is 1.56 bits per heavy atom. The highest BCUT2D eigenvalue weighted by Gasteiger charge is 2.72. The standard InChI is InChI=1S/C40H66N2O3/c1-26(2)28-14-21-40(35(45)42-24-17-27(18-25-42)10-9-11-33(44)41-8)23-22-38(6)29(34(28)40)12-13-31-37(5)19-16-32(43)36(3,4)30(37)15-20-39(31,38)7/h27-32,34,43H,1,9-25H2,2-8H3,(H,41,44)/t28-,29+,30-,31+,32-,34+,37-,38+,39+,40-/m0/s1. The fourth-order valence-electron chi connectivity index (χ4n) is 13.9. The van der Waals surface area contributed by atoms with Gasteiger partial charge in [0.15, 0.2) is 0 Å². The zero-order chi connectivity index (χ0) is 32.6. The molecule has 1 heterocycles. The number of carbonyl (C=O) groups is 2. The van der Waals surface area contributed by atoms with E-state index in [1.54, 1.807) is 7.05 Å². The molecule has 45 heavy (non-hydrogen) atoms. The Kier molecular flexibility index (Phi) is 8.69. The minimum absolute atomic E-state index is 0.0195. The molecule has 0 aromatic heterocycles. The summed E-state index contributed by atoms with van der Waals surface area (Å²) in [5.74, 6) is 3.96. The van der Waals surface area contributed by atoms with Crippen molar-refractivity contribution >= 4 is 11.8 Å². The molecule has 2 amide bonds. The normalized spacial score (nSPS) is 45.9. The van der Waals surface area contributed by atoms with E-state index in [-0.39, 0.29) is 39.1 Å². The van der Waals surface area contributed by atoms with Crippen molar-refractivity contribution in [3.8, 4) is 0 Å². The topological polar surface area (TPSA) is 69.6 Å². The molecule has 5 heteroatoms. The molecule has 254 valence electrons. The van der Waals surface area contributed by atoms with E-state index < -0.39 is 0 Å². The Morgan fingerprint density at radius 1 is 0.844 bits per heavy atom. The van der Waals surface area contributed by atoms with E-state index >= 15 is 0 Å². The van der Waals surface area contributed by atoms with Crippen molar-refractivity contribution in [1.82, 2.24) is 10.2 Å². The van der Waals surface area contributed by atoms with Gasteiger partial charge in [-0.05, 0) is 154 Å². The fourth-order valence-corrected chi connectivity index (χ4v) is 13.9. The van der Waals surface area contributed by atoms with Crippen LogP contribution in [-0.2, 0) is 9.59 Å². The molecule has 0 spiro atoms. The van der Waals surface area contributed by atoms with Crippen LogP contribution in [0.4, 0.5) is 0 Å². The van der Waals surface area contributed by atoms with Crippen LogP contribution in [0, 0.1) is 62.6 Å².